The highest BCUT2D eigenvalue weighted by Gasteiger charge is 2.19. The van der Waals surface area contributed by atoms with Crippen molar-refractivity contribution < 1.29 is 4.79 Å². The Bertz CT molecular complexity index is 444. The fourth-order valence-corrected chi connectivity index (χ4v) is 3.11. The molecule has 1 saturated heterocycles. The lowest BCUT2D eigenvalue weighted by Crippen LogP contribution is -2.36. The van der Waals surface area contributed by atoms with Crippen LogP contribution in [0.15, 0.2) is 30.3 Å². The zero-order valence-electron chi connectivity index (χ0n) is 14.5. The Morgan fingerprint density at radius 1 is 1.30 bits per heavy atom. The molecule has 1 amide bonds. The first-order valence-electron chi connectivity index (χ1n) is 8.67. The molecule has 2 rings (SSSR count). The number of rotatable bonds is 8. The molecule has 1 atom stereocenters. The summed E-state index contributed by atoms with van der Waals surface area (Å²) < 4.78 is 0. The third-order valence-electron chi connectivity index (χ3n) is 4.38. The molecular formula is C19H31ClN2O. The summed E-state index contributed by atoms with van der Waals surface area (Å²) in [6.45, 7) is 8.27. The summed E-state index contributed by atoms with van der Waals surface area (Å²) in [6.07, 6.45) is 3.91. The van der Waals surface area contributed by atoms with Crippen molar-refractivity contribution in [2.45, 2.75) is 39.5 Å². The number of halogens is 1. The van der Waals surface area contributed by atoms with Crippen molar-refractivity contribution in [2.24, 2.45) is 11.8 Å². The van der Waals surface area contributed by atoms with Gasteiger partial charge in [-0.1, -0.05) is 44.2 Å². The Kier molecular flexibility index (Phi) is 9.27. The van der Waals surface area contributed by atoms with Crippen LogP contribution < -0.4 is 5.32 Å². The van der Waals surface area contributed by atoms with Crippen molar-refractivity contribution >= 4 is 18.3 Å². The second-order valence-electron chi connectivity index (χ2n) is 6.87. The summed E-state index contributed by atoms with van der Waals surface area (Å²) in [5, 5.41) is 3.38. The van der Waals surface area contributed by atoms with E-state index in [9.17, 15) is 4.79 Å². The number of nitrogens with one attached hydrogen (secondary N) is 1. The predicted octanol–water partition coefficient (Wildman–Crippen LogP) is 3.53. The quantitative estimate of drug-likeness (QED) is 0.786. The molecule has 0 bridgehead atoms. The van der Waals surface area contributed by atoms with Crippen molar-refractivity contribution in [1.29, 1.82) is 0 Å². The number of carbonyl (C=O) groups excluding carboxylic acids is 1. The second-order valence-corrected chi connectivity index (χ2v) is 6.87. The first kappa shape index (κ1) is 20.0. The fraction of sp³-hybridized carbons (Fsp3) is 0.632. The summed E-state index contributed by atoms with van der Waals surface area (Å²) in [4.78, 5) is 14.6. The lowest BCUT2D eigenvalue weighted by molar-refractivity contribution is -0.132. The number of carbonyl (C=O) groups is 1. The smallest absolute Gasteiger partial charge is 0.222 e. The predicted molar refractivity (Wildman–Crippen MR) is 99.0 cm³/mol. The van der Waals surface area contributed by atoms with E-state index in [1.54, 1.807) is 0 Å². The Hall–Kier alpha value is -1.06. The molecule has 130 valence electrons. The summed E-state index contributed by atoms with van der Waals surface area (Å²) in [7, 11) is 0. The third-order valence-corrected chi connectivity index (χ3v) is 4.38. The van der Waals surface area contributed by atoms with Gasteiger partial charge in [-0.25, -0.2) is 0 Å². The van der Waals surface area contributed by atoms with Crippen LogP contribution >= 0.6 is 12.4 Å². The first-order valence-corrected chi connectivity index (χ1v) is 8.67. The number of amides is 1. The molecule has 1 aliphatic heterocycles. The molecule has 0 aliphatic carbocycles. The average molecular weight is 339 g/mol. The average Bonchev–Trinajstić information content (AvgIpc) is 3.03. The summed E-state index contributed by atoms with van der Waals surface area (Å²) in [6, 6.07) is 10.5. The van der Waals surface area contributed by atoms with Gasteiger partial charge < -0.3 is 10.2 Å². The minimum atomic E-state index is 0. The standard InChI is InChI=1S/C19H30N2O.ClH/c1-16(2)15-21(13-11-17-6-4-3-5-7-17)19(22)9-8-18-10-12-20-14-18;/h3-7,16,18,20H,8-15H2,1-2H3;1H. The zero-order valence-corrected chi connectivity index (χ0v) is 15.3. The van der Waals surface area contributed by atoms with Crippen molar-refractivity contribution in [3.8, 4) is 0 Å². The molecule has 1 aromatic rings. The minimum absolute atomic E-state index is 0. The van der Waals surface area contributed by atoms with Crippen LogP contribution in [0.4, 0.5) is 0 Å². The van der Waals surface area contributed by atoms with E-state index in [4.69, 9.17) is 0 Å². The Morgan fingerprint density at radius 3 is 2.65 bits per heavy atom. The zero-order chi connectivity index (χ0) is 15.8. The number of hydrogen-bond acceptors (Lipinski definition) is 2. The lowest BCUT2D eigenvalue weighted by atomic mass is 10.0. The molecule has 0 spiro atoms. The van der Waals surface area contributed by atoms with Crippen LogP contribution in [0.25, 0.3) is 0 Å². The molecule has 3 nitrogen and oxygen atoms in total. The monoisotopic (exact) mass is 338 g/mol. The van der Waals surface area contributed by atoms with E-state index in [2.05, 4.69) is 48.3 Å². The Balaban J connectivity index is 0.00000264. The van der Waals surface area contributed by atoms with E-state index >= 15 is 0 Å². The Labute approximate surface area is 147 Å². The number of hydrogen-bond donors (Lipinski definition) is 1. The van der Waals surface area contributed by atoms with E-state index in [0.717, 1.165) is 39.0 Å². The molecule has 1 N–H and O–H groups in total. The van der Waals surface area contributed by atoms with Crippen LogP contribution in [-0.4, -0.2) is 37.0 Å². The van der Waals surface area contributed by atoms with Crippen LogP contribution in [0.5, 0.6) is 0 Å². The summed E-state index contributed by atoms with van der Waals surface area (Å²) in [5.74, 6) is 1.54. The van der Waals surface area contributed by atoms with E-state index in [1.165, 1.54) is 12.0 Å². The van der Waals surface area contributed by atoms with Crippen LogP contribution in [0.3, 0.4) is 0 Å². The van der Waals surface area contributed by atoms with Crippen LogP contribution in [0, 0.1) is 11.8 Å². The Morgan fingerprint density at radius 2 is 2.04 bits per heavy atom. The molecule has 23 heavy (non-hydrogen) atoms. The molecule has 0 saturated carbocycles. The van der Waals surface area contributed by atoms with Gasteiger partial charge in [0, 0.05) is 19.5 Å². The minimum Gasteiger partial charge on any atom is -0.342 e. The van der Waals surface area contributed by atoms with Crippen LogP contribution in [0.1, 0.15) is 38.7 Å². The molecule has 1 heterocycles. The van der Waals surface area contributed by atoms with Crippen molar-refractivity contribution in [3.63, 3.8) is 0 Å². The molecular weight excluding hydrogens is 308 g/mol. The summed E-state index contributed by atoms with van der Waals surface area (Å²) >= 11 is 0. The van der Waals surface area contributed by atoms with Gasteiger partial charge in [-0.2, -0.15) is 0 Å². The maximum absolute atomic E-state index is 12.6. The SMILES string of the molecule is CC(C)CN(CCc1ccccc1)C(=O)CCC1CCNC1.Cl. The van der Waals surface area contributed by atoms with E-state index in [-0.39, 0.29) is 12.4 Å². The van der Waals surface area contributed by atoms with Crippen molar-refractivity contribution in [1.82, 2.24) is 10.2 Å². The highest BCUT2D eigenvalue weighted by molar-refractivity contribution is 5.85. The molecule has 4 heteroatoms. The largest absolute Gasteiger partial charge is 0.342 e. The van der Waals surface area contributed by atoms with Gasteiger partial charge in [-0.05, 0) is 49.8 Å². The number of benzene rings is 1. The maximum atomic E-state index is 12.6. The third kappa shape index (κ3) is 7.36. The van der Waals surface area contributed by atoms with Gasteiger partial charge in [0.15, 0.2) is 0 Å². The van der Waals surface area contributed by atoms with Gasteiger partial charge in [-0.15, -0.1) is 12.4 Å². The highest BCUT2D eigenvalue weighted by atomic mass is 35.5. The van der Waals surface area contributed by atoms with Gasteiger partial charge >= 0.3 is 0 Å². The fourth-order valence-electron chi connectivity index (χ4n) is 3.11. The molecule has 0 radical (unpaired) electrons. The van der Waals surface area contributed by atoms with E-state index in [1.807, 2.05) is 6.07 Å². The van der Waals surface area contributed by atoms with Gasteiger partial charge in [-0.3, -0.25) is 4.79 Å². The molecule has 0 aromatic heterocycles. The second kappa shape index (κ2) is 10.7. The van der Waals surface area contributed by atoms with Crippen LogP contribution in [-0.2, 0) is 11.2 Å². The number of nitrogens with zero attached hydrogens (tertiary/aromatic N) is 1. The van der Waals surface area contributed by atoms with Crippen molar-refractivity contribution in [3.05, 3.63) is 35.9 Å². The first-order chi connectivity index (χ1) is 10.6. The molecule has 1 fully saturated rings. The molecule has 1 unspecified atom stereocenters. The van der Waals surface area contributed by atoms with Gasteiger partial charge in [0.25, 0.3) is 0 Å². The molecule has 1 aliphatic rings. The lowest BCUT2D eigenvalue weighted by Gasteiger charge is -2.25. The van der Waals surface area contributed by atoms with Gasteiger partial charge in [0.05, 0.1) is 0 Å². The summed E-state index contributed by atoms with van der Waals surface area (Å²) in [5.41, 5.74) is 1.31. The maximum Gasteiger partial charge on any atom is 0.222 e. The van der Waals surface area contributed by atoms with E-state index < -0.39 is 0 Å². The molecule has 1 aromatic carbocycles. The normalized spacial score (nSPS) is 17.1. The highest BCUT2D eigenvalue weighted by Crippen LogP contribution is 2.16. The van der Waals surface area contributed by atoms with Crippen molar-refractivity contribution in [2.75, 3.05) is 26.2 Å². The van der Waals surface area contributed by atoms with Crippen LogP contribution in [0.2, 0.25) is 0 Å². The van der Waals surface area contributed by atoms with Gasteiger partial charge in [0.1, 0.15) is 0 Å². The van der Waals surface area contributed by atoms with Gasteiger partial charge in [0.2, 0.25) is 5.91 Å². The van der Waals surface area contributed by atoms with E-state index in [0.29, 0.717) is 24.2 Å². The topological polar surface area (TPSA) is 32.3 Å².